The first-order valence-electron chi connectivity index (χ1n) is 8.79. The fraction of sp³-hybridized carbons (Fsp3) is 0.130. The SMILES string of the molecule is Cc1ccc(NC(=O)/C=C/c2ccc(OCc3ccccn3)cc2)c(C)c1. The largest absolute Gasteiger partial charge is 0.487 e. The summed E-state index contributed by atoms with van der Waals surface area (Å²) in [6.45, 7) is 4.44. The van der Waals surface area contributed by atoms with E-state index in [1.165, 1.54) is 11.6 Å². The zero-order valence-corrected chi connectivity index (χ0v) is 15.5. The quantitative estimate of drug-likeness (QED) is 0.636. The van der Waals surface area contributed by atoms with Crippen molar-refractivity contribution in [3.05, 3.63) is 95.3 Å². The zero-order valence-electron chi connectivity index (χ0n) is 15.5. The number of benzene rings is 2. The van der Waals surface area contributed by atoms with Crippen LogP contribution in [0.5, 0.6) is 5.75 Å². The van der Waals surface area contributed by atoms with Gasteiger partial charge in [0.15, 0.2) is 0 Å². The number of hydrogen-bond donors (Lipinski definition) is 1. The highest BCUT2D eigenvalue weighted by Crippen LogP contribution is 2.17. The molecule has 1 N–H and O–H groups in total. The Balaban J connectivity index is 1.54. The summed E-state index contributed by atoms with van der Waals surface area (Å²) in [5.74, 6) is 0.606. The summed E-state index contributed by atoms with van der Waals surface area (Å²) in [5, 5.41) is 2.90. The number of nitrogens with one attached hydrogen (secondary N) is 1. The van der Waals surface area contributed by atoms with E-state index in [0.717, 1.165) is 28.3 Å². The van der Waals surface area contributed by atoms with E-state index in [0.29, 0.717) is 6.61 Å². The molecule has 1 aromatic heterocycles. The predicted molar refractivity (Wildman–Crippen MR) is 109 cm³/mol. The van der Waals surface area contributed by atoms with Crippen molar-refractivity contribution in [2.45, 2.75) is 20.5 Å². The monoisotopic (exact) mass is 358 g/mol. The van der Waals surface area contributed by atoms with Gasteiger partial charge in [-0.2, -0.15) is 0 Å². The molecule has 0 unspecified atom stereocenters. The molecule has 136 valence electrons. The topological polar surface area (TPSA) is 51.2 Å². The van der Waals surface area contributed by atoms with Crippen molar-refractivity contribution >= 4 is 17.7 Å². The number of hydrogen-bond acceptors (Lipinski definition) is 3. The molecule has 0 atom stereocenters. The fourth-order valence-corrected chi connectivity index (χ4v) is 2.62. The highest BCUT2D eigenvalue weighted by atomic mass is 16.5. The number of nitrogens with zero attached hydrogens (tertiary/aromatic N) is 1. The first-order chi connectivity index (χ1) is 13.1. The molecule has 0 spiro atoms. The van der Waals surface area contributed by atoms with Crippen LogP contribution in [0.1, 0.15) is 22.4 Å². The first kappa shape index (κ1) is 18.4. The molecule has 0 saturated heterocycles. The van der Waals surface area contributed by atoms with Gasteiger partial charge in [-0.15, -0.1) is 0 Å². The molecule has 2 aromatic carbocycles. The number of pyridine rings is 1. The average Bonchev–Trinajstić information content (AvgIpc) is 2.68. The van der Waals surface area contributed by atoms with Gasteiger partial charge in [-0.3, -0.25) is 9.78 Å². The van der Waals surface area contributed by atoms with Gasteiger partial charge < -0.3 is 10.1 Å². The van der Waals surface area contributed by atoms with Crippen molar-refractivity contribution in [3.63, 3.8) is 0 Å². The summed E-state index contributed by atoms with van der Waals surface area (Å²) in [6, 6.07) is 19.3. The van der Waals surface area contributed by atoms with Crippen LogP contribution in [0, 0.1) is 13.8 Å². The number of carbonyl (C=O) groups is 1. The molecule has 0 saturated carbocycles. The van der Waals surface area contributed by atoms with Gasteiger partial charge in [0.1, 0.15) is 12.4 Å². The second kappa shape index (κ2) is 8.81. The molecule has 0 fully saturated rings. The number of ether oxygens (including phenoxy) is 1. The Morgan fingerprint density at radius 2 is 1.89 bits per heavy atom. The van der Waals surface area contributed by atoms with Crippen molar-refractivity contribution in [3.8, 4) is 5.75 Å². The summed E-state index contributed by atoms with van der Waals surface area (Å²) in [4.78, 5) is 16.3. The Kier molecular flexibility index (Phi) is 6.00. The summed E-state index contributed by atoms with van der Waals surface area (Å²) in [5.41, 5.74) is 4.85. The minimum absolute atomic E-state index is 0.155. The second-order valence-corrected chi connectivity index (χ2v) is 6.32. The van der Waals surface area contributed by atoms with Gasteiger partial charge in [0.2, 0.25) is 5.91 Å². The van der Waals surface area contributed by atoms with Gasteiger partial charge in [0.25, 0.3) is 0 Å². The molecule has 0 aliphatic carbocycles. The lowest BCUT2D eigenvalue weighted by Gasteiger charge is -2.07. The Morgan fingerprint density at radius 1 is 1.07 bits per heavy atom. The third-order valence-electron chi connectivity index (χ3n) is 4.06. The van der Waals surface area contributed by atoms with Gasteiger partial charge >= 0.3 is 0 Å². The predicted octanol–water partition coefficient (Wildman–Crippen LogP) is 4.93. The number of carbonyl (C=O) groups excluding carboxylic acids is 1. The van der Waals surface area contributed by atoms with Crippen LogP contribution in [0.3, 0.4) is 0 Å². The van der Waals surface area contributed by atoms with Gasteiger partial charge in [0, 0.05) is 18.0 Å². The van der Waals surface area contributed by atoms with Crippen molar-refractivity contribution in [1.82, 2.24) is 4.98 Å². The van der Waals surface area contributed by atoms with Crippen LogP contribution in [0.4, 0.5) is 5.69 Å². The second-order valence-electron chi connectivity index (χ2n) is 6.32. The normalized spacial score (nSPS) is 10.7. The third-order valence-corrected chi connectivity index (χ3v) is 4.06. The highest BCUT2D eigenvalue weighted by molar-refractivity contribution is 6.02. The lowest BCUT2D eigenvalue weighted by Crippen LogP contribution is -2.08. The van der Waals surface area contributed by atoms with E-state index in [-0.39, 0.29) is 5.91 Å². The molecule has 3 rings (SSSR count). The maximum absolute atomic E-state index is 12.1. The Hall–Kier alpha value is -3.40. The summed E-state index contributed by atoms with van der Waals surface area (Å²) in [6.07, 6.45) is 5.06. The van der Waals surface area contributed by atoms with E-state index < -0.39 is 0 Å². The lowest BCUT2D eigenvalue weighted by atomic mass is 10.1. The summed E-state index contributed by atoms with van der Waals surface area (Å²) < 4.78 is 5.71. The minimum Gasteiger partial charge on any atom is -0.487 e. The molecule has 0 bridgehead atoms. The Morgan fingerprint density at radius 3 is 2.59 bits per heavy atom. The molecular weight excluding hydrogens is 336 g/mol. The molecular formula is C23H22N2O2. The molecule has 4 nitrogen and oxygen atoms in total. The van der Waals surface area contributed by atoms with Crippen LogP contribution in [-0.4, -0.2) is 10.9 Å². The average molecular weight is 358 g/mol. The van der Waals surface area contributed by atoms with Crippen molar-refractivity contribution < 1.29 is 9.53 Å². The van der Waals surface area contributed by atoms with Crippen molar-refractivity contribution in [1.29, 1.82) is 0 Å². The molecule has 4 heteroatoms. The standard InChI is InChI=1S/C23H22N2O2/c1-17-6-12-22(18(2)15-17)25-23(26)13-9-19-7-10-21(11-8-19)27-16-20-5-3-4-14-24-20/h3-15H,16H2,1-2H3,(H,25,26)/b13-9+. The van der Waals surface area contributed by atoms with Crippen LogP contribution in [0.15, 0.2) is 72.9 Å². The highest BCUT2D eigenvalue weighted by Gasteiger charge is 2.02. The molecule has 1 amide bonds. The van der Waals surface area contributed by atoms with Crippen molar-refractivity contribution in [2.24, 2.45) is 0 Å². The molecule has 27 heavy (non-hydrogen) atoms. The maximum Gasteiger partial charge on any atom is 0.248 e. The van der Waals surface area contributed by atoms with Gasteiger partial charge in [-0.05, 0) is 61.4 Å². The molecule has 1 heterocycles. The van der Waals surface area contributed by atoms with Crippen molar-refractivity contribution in [2.75, 3.05) is 5.32 Å². The van der Waals surface area contributed by atoms with Crippen LogP contribution in [0.25, 0.3) is 6.08 Å². The van der Waals surface area contributed by atoms with Crippen LogP contribution >= 0.6 is 0 Å². The lowest BCUT2D eigenvalue weighted by molar-refractivity contribution is -0.111. The van der Waals surface area contributed by atoms with E-state index in [4.69, 9.17) is 4.74 Å². The van der Waals surface area contributed by atoms with Crippen LogP contribution in [-0.2, 0) is 11.4 Å². The number of aryl methyl sites for hydroxylation is 2. The van der Waals surface area contributed by atoms with E-state index in [1.807, 2.05) is 74.5 Å². The van der Waals surface area contributed by atoms with E-state index in [1.54, 1.807) is 12.3 Å². The van der Waals surface area contributed by atoms with E-state index in [2.05, 4.69) is 10.3 Å². The van der Waals surface area contributed by atoms with Crippen LogP contribution < -0.4 is 10.1 Å². The van der Waals surface area contributed by atoms with E-state index in [9.17, 15) is 4.79 Å². The Bertz CT molecular complexity index is 932. The third kappa shape index (κ3) is 5.54. The van der Waals surface area contributed by atoms with Gasteiger partial charge in [0.05, 0.1) is 5.69 Å². The molecule has 0 radical (unpaired) electrons. The summed E-state index contributed by atoms with van der Waals surface area (Å²) in [7, 11) is 0. The number of aromatic nitrogens is 1. The zero-order chi connectivity index (χ0) is 19.1. The number of rotatable bonds is 6. The van der Waals surface area contributed by atoms with Gasteiger partial charge in [-0.1, -0.05) is 35.9 Å². The maximum atomic E-state index is 12.1. The Labute approximate surface area is 159 Å². The minimum atomic E-state index is -0.155. The van der Waals surface area contributed by atoms with E-state index >= 15 is 0 Å². The number of amides is 1. The molecule has 0 aliphatic heterocycles. The fourth-order valence-electron chi connectivity index (χ4n) is 2.62. The smallest absolute Gasteiger partial charge is 0.248 e. The summed E-state index contributed by atoms with van der Waals surface area (Å²) >= 11 is 0. The molecule has 0 aliphatic rings. The molecule has 3 aromatic rings. The number of anilines is 1. The first-order valence-corrected chi connectivity index (χ1v) is 8.79. The van der Waals surface area contributed by atoms with Gasteiger partial charge in [-0.25, -0.2) is 0 Å². The van der Waals surface area contributed by atoms with Crippen LogP contribution in [0.2, 0.25) is 0 Å².